The van der Waals surface area contributed by atoms with Crippen molar-refractivity contribution >= 4 is 22.6 Å². The predicted octanol–water partition coefficient (Wildman–Crippen LogP) is 2.81. The molecule has 8 heteroatoms. The predicted molar refractivity (Wildman–Crippen MR) is 105 cm³/mol. The van der Waals surface area contributed by atoms with Crippen LogP contribution in [0.5, 0.6) is 0 Å². The molecule has 144 valence electrons. The summed E-state index contributed by atoms with van der Waals surface area (Å²) in [6, 6.07) is 14.1. The summed E-state index contributed by atoms with van der Waals surface area (Å²) in [7, 11) is 0. The Kier molecular flexibility index (Phi) is 4.02. The van der Waals surface area contributed by atoms with Gasteiger partial charge in [0.15, 0.2) is 11.4 Å². The van der Waals surface area contributed by atoms with Crippen molar-refractivity contribution in [1.82, 2.24) is 19.3 Å². The molecule has 5 aromatic rings. The standard InChI is InChI=1S/C21H16N4O4/c26-20(23-12-14-4-3-11-28-14)18-8-7-15(29-18)13-25-19-16(5-1-9-22-19)24-10-2-6-17(24)21(25)27/h1-11H,12-13H2,(H,23,26). The second-order valence-corrected chi connectivity index (χ2v) is 6.53. The van der Waals surface area contributed by atoms with Crippen molar-refractivity contribution in [1.29, 1.82) is 0 Å². The van der Waals surface area contributed by atoms with Crippen molar-refractivity contribution in [3.05, 3.63) is 94.8 Å². The Morgan fingerprint density at radius 1 is 1.03 bits per heavy atom. The molecule has 0 saturated heterocycles. The van der Waals surface area contributed by atoms with Crippen LogP contribution >= 0.6 is 0 Å². The van der Waals surface area contributed by atoms with Crippen LogP contribution in [0.1, 0.15) is 22.1 Å². The summed E-state index contributed by atoms with van der Waals surface area (Å²) in [6.07, 6.45) is 5.02. The van der Waals surface area contributed by atoms with Crippen LogP contribution < -0.4 is 10.9 Å². The van der Waals surface area contributed by atoms with Gasteiger partial charge >= 0.3 is 0 Å². The first-order chi connectivity index (χ1) is 14.2. The number of pyridine rings is 1. The van der Waals surface area contributed by atoms with Crippen LogP contribution in [0.25, 0.3) is 16.7 Å². The van der Waals surface area contributed by atoms with Gasteiger partial charge < -0.3 is 18.6 Å². The summed E-state index contributed by atoms with van der Waals surface area (Å²) in [5.41, 5.74) is 1.73. The second-order valence-electron chi connectivity index (χ2n) is 6.53. The molecule has 0 fully saturated rings. The van der Waals surface area contributed by atoms with Gasteiger partial charge in [-0.1, -0.05) is 0 Å². The highest BCUT2D eigenvalue weighted by Gasteiger charge is 2.15. The maximum absolute atomic E-state index is 13.0. The van der Waals surface area contributed by atoms with Crippen molar-refractivity contribution in [2.75, 3.05) is 0 Å². The molecule has 1 N–H and O–H groups in total. The minimum atomic E-state index is -0.356. The topological polar surface area (TPSA) is 94.7 Å². The molecule has 0 radical (unpaired) electrons. The van der Waals surface area contributed by atoms with Gasteiger partial charge in [-0.3, -0.25) is 14.2 Å². The molecule has 1 amide bonds. The number of nitrogens with zero attached hydrogens (tertiary/aromatic N) is 3. The first kappa shape index (κ1) is 17.1. The number of hydrogen-bond donors (Lipinski definition) is 1. The summed E-state index contributed by atoms with van der Waals surface area (Å²) in [5.74, 6) is 0.943. The Balaban J connectivity index is 1.45. The van der Waals surface area contributed by atoms with Crippen LogP contribution in [0.3, 0.4) is 0 Å². The van der Waals surface area contributed by atoms with Gasteiger partial charge in [0, 0.05) is 12.4 Å². The molecule has 29 heavy (non-hydrogen) atoms. The third-order valence-electron chi connectivity index (χ3n) is 4.70. The molecule has 0 bridgehead atoms. The van der Waals surface area contributed by atoms with E-state index in [-0.39, 0.29) is 30.3 Å². The lowest BCUT2D eigenvalue weighted by molar-refractivity contribution is 0.0918. The number of carbonyl (C=O) groups is 1. The SMILES string of the molecule is O=C(NCc1ccco1)c1ccc(Cn2c(=O)c3cccn3c3cccnc32)o1. The van der Waals surface area contributed by atoms with Gasteiger partial charge in [-0.05, 0) is 48.5 Å². The minimum absolute atomic E-state index is 0.166. The van der Waals surface area contributed by atoms with Crippen LogP contribution in [-0.2, 0) is 13.1 Å². The van der Waals surface area contributed by atoms with E-state index >= 15 is 0 Å². The van der Waals surface area contributed by atoms with Crippen LogP contribution in [0.15, 0.2) is 80.8 Å². The first-order valence-electron chi connectivity index (χ1n) is 9.04. The fourth-order valence-electron chi connectivity index (χ4n) is 3.34. The van der Waals surface area contributed by atoms with Crippen LogP contribution in [-0.4, -0.2) is 19.9 Å². The Morgan fingerprint density at radius 3 is 2.79 bits per heavy atom. The molecular weight excluding hydrogens is 372 g/mol. The van der Waals surface area contributed by atoms with Crippen LogP contribution in [0, 0.1) is 0 Å². The van der Waals surface area contributed by atoms with E-state index in [2.05, 4.69) is 10.3 Å². The van der Waals surface area contributed by atoms with E-state index in [4.69, 9.17) is 8.83 Å². The van der Waals surface area contributed by atoms with E-state index in [1.807, 2.05) is 28.8 Å². The quantitative estimate of drug-likeness (QED) is 0.500. The zero-order valence-corrected chi connectivity index (χ0v) is 15.2. The lowest BCUT2D eigenvalue weighted by atomic mass is 10.3. The van der Waals surface area contributed by atoms with E-state index in [0.717, 1.165) is 5.52 Å². The third kappa shape index (κ3) is 3.00. The molecule has 0 aliphatic rings. The van der Waals surface area contributed by atoms with E-state index < -0.39 is 0 Å². The van der Waals surface area contributed by atoms with E-state index in [1.54, 1.807) is 47.4 Å². The van der Waals surface area contributed by atoms with Crippen molar-refractivity contribution in [2.24, 2.45) is 0 Å². The average Bonchev–Trinajstić information content (AvgIpc) is 3.51. The smallest absolute Gasteiger partial charge is 0.287 e. The van der Waals surface area contributed by atoms with Crippen molar-refractivity contribution in [2.45, 2.75) is 13.1 Å². The molecule has 0 atom stereocenters. The normalized spacial score (nSPS) is 11.3. The largest absolute Gasteiger partial charge is 0.467 e. The summed E-state index contributed by atoms with van der Waals surface area (Å²) in [5, 5.41) is 2.73. The molecular formula is C21H16N4O4. The number of fused-ring (bicyclic) bond motifs is 3. The summed E-state index contributed by atoms with van der Waals surface area (Å²) >= 11 is 0. The fraction of sp³-hybridized carbons (Fsp3) is 0.0952. The molecule has 0 spiro atoms. The van der Waals surface area contributed by atoms with Crippen molar-refractivity contribution in [3.8, 4) is 0 Å². The maximum atomic E-state index is 13.0. The zero-order valence-electron chi connectivity index (χ0n) is 15.2. The van der Waals surface area contributed by atoms with Gasteiger partial charge in [-0.25, -0.2) is 4.98 Å². The van der Waals surface area contributed by atoms with E-state index in [0.29, 0.717) is 22.7 Å². The lowest BCUT2D eigenvalue weighted by Crippen LogP contribution is -2.24. The number of rotatable bonds is 5. The van der Waals surface area contributed by atoms with Gasteiger partial charge in [0.1, 0.15) is 17.0 Å². The minimum Gasteiger partial charge on any atom is -0.467 e. The molecule has 0 aliphatic heterocycles. The number of aromatic nitrogens is 3. The molecule has 5 aromatic heterocycles. The summed E-state index contributed by atoms with van der Waals surface area (Å²) < 4.78 is 14.2. The Labute approximate surface area is 164 Å². The first-order valence-corrected chi connectivity index (χ1v) is 9.04. The molecule has 0 aliphatic carbocycles. The number of carbonyl (C=O) groups excluding carboxylic acids is 1. The molecule has 0 unspecified atom stereocenters. The van der Waals surface area contributed by atoms with E-state index in [1.165, 1.54) is 0 Å². The van der Waals surface area contributed by atoms with Crippen LogP contribution in [0.4, 0.5) is 0 Å². The number of furan rings is 2. The molecule has 0 saturated carbocycles. The highest BCUT2D eigenvalue weighted by molar-refractivity contribution is 5.91. The van der Waals surface area contributed by atoms with E-state index in [9.17, 15) is 9.59 Å². The molecule has 5 rings (SSSR count). The van der Waals surface area contributed by atoms with Crippen molar-refractivity contribution < 1.29 is 13.6 Å². The number of amides is 1. The Morgan fingerprint density at radius 2 is 1.93 bits per heavy atom. The maximum Gasteiger partial charge on any atom is 0.287 e. The third-order valence-corrected chi connectivity index (χ3v) is 4.70. The molecule has 0 aromatic carbocycles. The summed E-state index contributed by atoms with van der Waals surface area (Å²) in [6.45, 7) is 0.431. The summed E-state index contributed by atoms with van der Waals surface area (Å²) in [4.78, 5) is 29.6. The van der Waals surface area contributed by atoms with Gasteiger partial charge in [-0.2, -0.15) is 0 Å². The number of hydrogen-bond acceptors (Lipinski definition) is 5. The highest BCUT2D eigenvalue weighted by Crippen LogP contribution is 2.16. The fourth-order valence-corrected chi connectivity index (χ4v) is 3.34. The van der Waals surface area contributed by atoms with Gasteiger partial charge in [0.2, 0.25) is 0 Å². The Bertz CT molecular complexity index is 1370. The number of nitrogens with one attached hydrogen (secondary N) is 1. The molecule has 5 heterocycles. The van der Waals surface area contributed by atoms with Gasteiger partial charge in [0.25, 0.3) is 11.5 Å². The monoisotopic (exact) mass is 388 g/mol. The average molecular weight is 388 g/mol. The van der Waals surface area contributed by atoms with Gasteiger partial charge in [-0.15, -0.1) is 0 Å². The lowest BCUT2D eigenvalue weighted by Gasteiger charge is -2.10. The second kappa shape index (κ2) is 6.83. The highest BCUT2D eigenvalue weighted by atomic mass is 16.4. The zero-order chi connectivity index (χ0) is 19.8. The van der Waals surface area contributed by atoms with Crippen molar-refractivity contribution in [3.63, 3.8) is 0 Å². The van der Waals surface area contributed by atoms with Crippen LogP contribution in [0.2, 0.25) is 0 Å². The molecule has 8 nitrogen and oxygen atoms in total. The van der Waals surface area contributed by atoms with Gasteiger partial charge in [0.05, 0.1) is 24.9 Å². The Hall–Kier alpha value is -4.07.